The maximum atomic E-state index is 12.5. The van der Waals surface area contributed by atoms with Crippen LogP contribution in [-0.2, 0) is 12.7 Å². The highest BCUT2D eigenvalue weighted by Crippen LogP contribution is 2.29. The molecular formula is C15H12F3N2+. The second-order valence-corrected chi connectivity index (χ2v) is 4.61. The molecule has 0 atom stereocenters. The van der Waals surface area contributed by atoms with Crippen LogP contribution in [0.5, 0.6) is 0 Å². The monoisotopic (exact) mass is 277 g/mol. The second kappa shape index (κ2) is 4.67. The Morgan fingerprint density at radius 3 is 2.35 bits per heavy atom. The number of benzene rings is 2. The first-order valence-corrected chi connectivity index (χ1v) is 6.16. The number of alkyl halides is 3. The molecule has 0 saturated heterocycles. The summed E-state index contributed by atoms with van der Waals surface area (Å²) >= 11 is 0. The Hall–Kier alpha value is -2.30. The molecule has 0 aliphatic carbocycles. The van der Waals surface area contributed by atoms with E-state index in [0.717, 1.165) is 28.7 Å². The first-order valence-electron chi connectivity index (χ1n) is 6.16. The van der Waals surface area contributed by atoms with Gasteiger partial charge < -0.3 is 0 Å². The minimum absolute atomic E-state index is 0.530. The normalized spacial score (nSPS) is 11.9. The molecule has 1 N–H and O–H groups in total. The highest BCUT2D eigenvalue weighted by molar-refractivity contribution is 5.70. The van der Waals surface area contributed by atoms with Gasteiger partial charge in [0.15, 0.2) is 11.0 Å². The third-order valence-corrected chi connectivity index (χ3v) is 3.22. The largest absolute Gasteiger partial charge is 0.416 e. The fourth-order valence-corrected chi connectivity index (χ4v) is 2.19. The van der Waals surface area contributed by atoms with Crippen LogP contribution >= 0.6 is 0 Å². The first kappa shape index (κ1) is 12.7. The van der Waals surface area contributed by atoms with Gasteiger partial charge in [0.2, 0.25) is 6.33 Å². The van der Waals surface area contributed by atoms with E-state index in [1.54, 1.807) is 0 Å². The van der Waals surface area contributed by atoms with Crippen LogP contribution < -0.4 is 4.57 Å². The van der Waals surface area contributed by atoms with Crippen molar-refractivity contribution < 1.29 is 17.7 Å². The minimum atomic E-state index is -4.29. The lowest BCUT2D eigenvalue weighted by molar-refractivity contribution is -0.662. The molecule has 20 heavy (non-hydrogen) atoms. The summed E-state index contributed by atoms with van der Waals surface area (Å²) in [7, 11) is 0. The van der Waals surface area contributed by atoms with E-state index in [4.69, 9.17) is 0 Å². The van der Waals surface area contributed by atoms with E-state index in [-0.39, 0.29) is 0 Å². The Balaban J connectivity index is 1.88. The summed E-state index contributed by atoms with van der Waals surface area (Å²) in [5.41, 5.74) is 2.23. The number of H-pyrrole nitrogens is 1. The fraction of sp³-hybridized carbons (Fsp3) is 0.133. The number of rotatable bonds is 2. The van der Waals surface area contributed by atoms with E-state index in [2.05, 4.69) is 4.98 Å². The molecule has 5 heteroatoms. The highest BCUT2D eigenvalue weighted by atomic mass is 19.4. The van der Waals surface area contributed by atoms with Crippen LogP contribution in [0.3, 0.4) is 0 Å². The highest BCUT2D eigenvalue weighted by Gasteiger charge is 2.29. The Morgan fingerprint density at radius 2 is 1.65 bits per heavy atom. The van der Waals surface area contributed by atoms with Gasteiger partial charge in [0.1, 0.15) is 6.54 Å². The quantitative estimate of drug-likeness (QED) is 0.691. The maximum absolute atomic E-state index is 12.5. The third-order valence-electron chi connectivity index (χ3n) is 3.22. The summed E-state index contributed by atoms with van der Waals surface area (Å²) in [4.78, 5) is 3.13. The van der Waals surface area contributed by atoms with Crippen molar-refractivity contribution in [3.63, 3.8) is 0 Å². The van der Waals surface area contributed by atoms with Crippen molar-refractivity contribution in [2.24, 2.45) is 0 Å². The van der Waals surface area contributed by atoms with Gasteiger partial charge in [-0.05, 0) is 29.8 Å². The SMILES string of the molecule is FC(F)(F)c1ccc(C[n+]2c[nH]c3ccccc32)cc1. The number of aromatic amines is 1. The zero-order chi connectivity index (χ0) is 14.2. The number of aromatic nitrogens is 2. The predicted molar refractivity (Wildman–Crippen MR) is 69.0 cm³/mol. The average Bonchev–Trinajstić information content (AvgIpc) is 2.82. The molecular weight excluding hydrogens is 265 g/mol. The molecule has 0 radical (unpaired) electrons. The summed E-state index contributed by atoms with van der Waals surface area (Å²) in [5, 5.41) is 0. The van der Waals surface area contributed by atoms with Crippen LogP contribution in [0.1, 0.15) is 11.1 Å². The smallest absolute Gasteiger partial charge is 0.243 e. The van der Waals surface area contributed by atoms with Gasteiger partial charge in [0.25, 0.3) is 0 Å². The molecule has 0 saturated carbocycles. The Kier molecular flexibility index (Phi) is 2.97. The Morgan fingerprint density at radius 1 is 0.950 bits per heavy atom. The van der Waals surface area contributed by atoms with Crippen LogP contribution in [0, 0.1) is 0 Å². The number of nitrogens with zero attached hydrogens (tertiary/aromatic N) is 1. The van der Waals surface area contributed by atoms with Gasteiger partial charge in [0, 0.05) is 0 Å². The predicted octanol–water partition coefficient (Wildman–Crippen LogP) is 3.52. The Bertz CT molecular complexity index is 727. The lowest BCUT2D eigenvalue weighted by Crippen LogP contribution is -2.32. The van der Waals surface area contributed by atoms with Gasteiger partial charge in [-0.3, -0.25) is 0 Å². The molecule has 2 aromatic carbocycles. The summed E-state index contributed by atoms with van der Waals surface area (Å²) in [6, 6.07) is 13.0. The zero-order valence-electron chi connectivity index (χ0n) is 10.5. The molecule has 3 rings (SSSR count). The molecule has 102 valence electrons. The number of para-hydroxylation sites is 2. The molecule has 3 aromatic rings. The van der Waals surface area contributed by atoms with E-state index in [9.17, 15) is 13.2 Å². The van der Waals surface area contributed by atoms with Crippen molar-refractivity contribution in [2.75, 3.05) is 0 Å². The van der Waals surface area contributed by atoms with Crippen molar-refractivity contribution in [3.05, 3.63) is 66.0 Å². The molecule has 0 spiro atoms. The van der Waals surface area contributed by atoms with Gasteiger partial charge in [-0.25, -0.2) is 9.55 Å². The summed E-state index contributed by atoms with van der Waals surface area (Å²) in [5.74, 6) is 0. The average molecular weight is 277 g/mol. The molecule has 0 bridgehead atoms. The third kappa shape index (κ3) is 2.39. The number of halogens is 3. The molecule has 0 aliphatic rings. The molecule has 1 heterocycles. The molecule has 2 nitrogen and oxygen atoms in total. The zero-order valence-corrected chi connectivity index (χ0v) is 10.5. The van der Waals surface area contributed by atoms with Crippen molar-refractivity contribution in [1.29, 1.82) is 0 Å². The molecule has 0 aliphatic heterocycles. The number of imidazole rings is 1. The number of hydrogen-bond donors (Lipinski definition) is 1. The van der Waals surface area contributed by atoms with Crippen molar-refractivity contribution >= 4 is 11.0 Å². The van der Waals surface area contributed by atoms with Crippen LogP contribution in [0.15, 0.2) is 54.9 Å². The molecule has 0 unspecified atom stereocenters. The van der Waals surface area contributed by atoms with Crippen molar-refractivity contribution in [3.8, 4) is 0 Å². The lowest BCUT2D eigenvalue weighted by Gasteiger charge is -2.06. The summed E-state index contributed by atoms with van der Waals surface area (Å²) in [6.45, 7) is 0.530. The van der Waals surface area contributed by atoms with Crippen molar-refractivity contribution in [1.82, 2.24) is 4.98 Å². The van der Waals surface area contributed by atoms with Crippen LogP contribution in [0.2, 0.25) is 0 Å². The van der Waals surface area contributed by atoms with Gasteiger partial charge in [-0.15, -0.1) is 0 Å². The number of nitrogens with one attached hydrogen (secondary N) is 1. The standard InChI is InChI=1S/C15H11F3N2/c16-15(17,18)12-7-5-11(6-8-12)9-20-10-19-13-3-1-2-4-14(13)20/h1-8,10H,9H2/p+1. The topological polar surface area (TPSA) is 19.7 Å². The van der Waals surface area contributed by atoms with Gasteiger partial charge >= 0.3 is 6.18 Å². The van der Waals surface area contributed by atoms with E-state index in [1.165, 1.54) is 12.1 Å². The second-order valence-electron chi connectivity index (χ2n) is 4.61. The van der Waals surface area contributed by atoms with Gasteiger partial charge in [0.05, 0.1) is 5.56 Å². The minimum Gasteiger partial charge on any atom is -0.243 e. The summed E-state index contributed by atoms with van der Waals surface area (Å²) < 4.78 is 39.5. The van der Waals surface area contributed by atoms with Crippen LogP contribution in [0.4, 0.5) is 13.2 Å². The van der Waals surface area contributed by atoms with E-state index >= 15 is 0 Å². The number of fused-ring (bicyclic) bond motifs is 1. The lowest BCUT2D eigenvalue weighted by atomic mass is 10.1. The molecule has 0 fully saturated rings. The van der Waals surface area contributed by atoms with Gasteiger partial charge in [-0.1, -0.05) is 24.3 Å². The van der Waals surface area contributed by atoms with E-state index in [0.29, 0.717) is 6.54 Å². The molecule has 1 aromatic heterocycles. The Labute approximate surface area is 113 Å². The maximum Gasteiger partial charge on any atom is 0.416 e. The summed E-state index contributed by atoms with van der Waals surface area (Å²) in [6.07, 6.45) is -2.46. The first-order chi connectivity index (χ1) is 9.54. The fourth-order valence-electron chi connectivity index (χ4n) is 2.19. The van der Waals surface area contributed by atoms with E-state index < -0.39 is 11.7 Å². The van der Waals surface area contributed by atoms with Gasteiger partial charge in [-0.2, -0.15) is 13.2 Å². The number of hydrogen-bond acceptors (Lipinski definition) is 0. The van der Waals surface area contributed by atoms with Crippen LogP contribution in [0.25, 0.3) is 11.0 Å². The van der Waals surface area contributed by atoms with Crippen LogP contribution in [-0.4, -0.2) is 4.98 Å². The van der Waals surface area contributed by atoms with E-state index in [1.807, 2.05) is 35.2 Å². The van der Waals surface area contributed by atoms with Crippen molar-refractivity contribution in [2.45, 2.75) is 12.7 Å². The molecule has 0 amide bonds.